The smallest absolute Gasteiger partial charge is 0.225 e. The lowest BCUT2D eigenvalue weighted by molar-refractivity contribution is -0.116. The molecule has 0 saturated heterocycles. The number of aryl methyl sites for hydroxylation is 2. The lowest BCUT2D eigenvalue weighted by Gasteiger charge is -2.09. The number of pyridine rings is 1. The van der Waals surface area contributed by atoms with E-state index in [9.17, 15) is 9.59 Å². The van der Waals surface area contributed by atoms with Gasteiger partial charge in [-0.05, 0) is 85.2 Å². The van der Waals surface area contributed by atoms with E-state index in [0.29, 0.717) is 25.1 Å². The molecule has 1 aliphatic carbocycles. The van der Waals surface area contributed by atoms with Crippen molar-refractivity contribution in [2.24, 2.45) is 0 Å². The molecule has 4 rings (SSSR count). The van der Waals surface area contributed by atoms with Crippen LogP contribution in [-0.2, 0) is 22.4 Å². The van der Waals surface area contributed by atoms with E-state index in [-0.39, 0.29) is 11.7 Å². The van der Waals surface area contributed by atoms with Crippen molar-refractivity contribution >= 4 is 23.1 Å². The maximum Gasteiger partial charge on any atom is 0.225 e. The molecular formula is C26H28N2O3. The fourth-order valence-corrected chi connectivity index (χ4v) is 3.96. The molecule has 1 aromatic carbocycles. The van der Waals surface area contributed by atoms with Crippen molar-refractivity contribution in [2.45, 2.75) is 51.9 Å². The van der Waals surface area contributed by atoms with Crippen LogP contribution in [-0.4, -0.2) is 23.3 Å². The summed E-state index contributed by atoms with van der Waals surface area (Å²) < 4.78 is 5.63. The molecule has 1 aliphatic heterocycles. The Balaban J connectivity index is 1.29. The molecule has 0 spiro atoms. The fourth-order valence-electron chi connectivity index (χ4n) is 3.96. The van der Waals surface area contributed by atoms with Crippen molar-refractivity contribution in [1.29, 1.82) is 0 Å². The quantitative estimate of drug-likeness (QED) is 0.647. The molecule has 2 aliphatic rings. The number of aromatic nitrogens is 1. The minimum Gasteiger partial charge on any atom is -0.493 e. The maximum absolute atomic E-state index is 12.4. The van der Waals surface area contributed by atoms with Gasteiger partial charge in [0, 0.05) is 19.3 Å². The normalized spacial score (nSPS) is 15.1. The number of ketones is 1. The Labute approximate surface area is 183 Å². The zero-order chi connectivity index (χ0) is 21.6. The Bertz CT molecular complexity index is 1050. The average molecular weight is 417 g/mol. The first-order chi connectivity index (χ1) is 15.1. The minimum absolute atomic E-state index is 0.0260. The van der Waals surface area contributed by atoms with Gasteiger partial charge in [0.2, 0.25) is 5.91 Å². The van der Waals surface area contributed by atoms with Crippen LogP contribution < -0.4 is 10.1 Å². The van der Waals surface area contributed by atoms with Crippen LogP contribution in [0, 0.1) is 6.92 Å². The lowest BCUT2D eigenvalue weighted by atomic mass is 10.0. The summed E-state index contributed by atoms with van der Waals surface area (Å²) in [6.45, 7) is 2.76. The highest BCUT2D eigenvalue weighted by Crippen LogP contribution is 2.27. The van der Waals surface area contributed by atoms with Gasteiger partial charge in [-0.1, -0.05) is 18.2 Å². The molecule has 2 aromatic rings. The number of amides is 1. The van der Waals surface area contributed by atoms with Crippen molar-refractivity contribution in [3.63, 3.8) is 0 Å². The van der Waals surface area contributed by atoms with E-state index in [1.54, 1.807) is 6.08 Å². The van der Waals surface area contributed by atoms with Crippen molar-refractivity contribution in [3.8, 4) is 5.75 Å². The van der Waals surface area contributed by atoms with Gasteiger partial charge in [0.15, 0.2) is 5.78 Å². The third kappa shape index (κ3) is 5.69. The van der Waals surface area contributed by atoms with Crippen LogP contribution in [0.25, 0.3) is 5.57 Å². The van der Waals surface area contributed by atoms with Gasteiger partial charge >= 0.3 is 0 Å². The predicted octanol–water partition coefficient (Wildman–Crippen LogP) is 4.98. The zero-order valence-corrected chi connectivity index (χ0v) is 17.9. The number of unbranched alkanes of at least 4 members (excludes halogenated alkanes) is 1. The van der Waals surface area contributed by atoms with Crippen LogP contribution in [0.4, 0.5) is 5.82 Å². The maximum atomic E-state index is 12.4. The highest BCUT2D eigenvalue weighted by Gasteiger charge is 2.12. The Morgan fingerprint density at radius 3 is 2.94 bits per heavy atom. The SMILES string of the molecule is Cc1cc(NC(=O)CCCCc2ccc3c(c2)OCC3)nc(C2=CCCC(=O)C=C2)c1. The molecule has 5 heteroatoms. The summed E-state index contributed by atoms with van der Waals surface area (Å²) in [5.41, 5.74) is 5.26. The second kappa shape index (κ2) is 9.73. The third-order valence-electron chi connectivity index (χ3n) is 5.62. The summed E-state index contributed by atoms with van der Waals surface area (Å²) in [4.78, 5) is 28.6. The average Bonchev–Trinajstić information content (AvgIpc) is 3.10. The molecule has 0 atom stereocenters. The third-order valence-corrected chi connectivity index (χ3v) is 5.62. The second-order valence-electron chi connectivity index (χ2n) is 8.21. The number of hydrogen-bond donors (Lipinski definition) is 1. The number of fused-ring (bicyclic) bond motifs is 1. The molecule has 0 saturated carbocycles. The Morgan fingerprint density at radius 1 is 1.13 bits per heavy atom. The number of nitrogens with one attached hydrogen (secondary N) is 1. The van der Waals surface area contributed by atoms with Crippen LogP contribution in [0.15, 0.2) is 48.6 Å². The molecule has 160 valence electrons. The van der Waals surface area contributed by atoms with Crippen LogP contribution >= 0.6 is 0 Å². The summed E-state index contributed by atoms with van der Waals surface area (Å²) >= 11 is 0. The summed E-state index contributed by atoms with van der Waals surface area (Å²) in [5.74, 6) is 1.67. The van der Waals surface area contributed by atoms with E-state index in [4.69, 9.17) is 4.74 Å². The highest BCUT2D eigenvalue weighted by molar-refractivity contribution is 5.94. The molecule has 0 bridgehead atoms. The molecule has 31 heavy (non-hydrogen) atoms. The predicted molar refractivity (Wildman–Crippen MR) is 122 cm³/mol. The molecule has 2 heterocycles. The minimum atomic E-state index is -0.0260. The van der Waals surface area contributed by atoms with Crippen molar-refractivity contribution in [3.05, 3.63) is 70.9 Å². The molecular weight excluding hydrogens is 388 g/mol. The number of allylic oxidation sites excluding steroid dienone is 4. The fraction of sp³-hybridized carbons (Fsp3) is 0.346. The monoisotopic (exact) mass is 416 g/mol. The number of anilines is 1. The molecule has 0 unspecified atom stereocenters. The van der Waals surface area contributed by atoms with Gasteiger partial charge in [-0.15, -0.1) is 0 Å². The largest absolute Gasteiger partial charge is 0.493 e. The molecule has 1 aromatic heterocycles. The van der Waals surface area contributed by atoms with E-state index in [0.717, 1.165) is 54.9 Å². The van der Waals surface area contributed by atoms with Gasteiger partial charge in [0.1, 0.15) is 11.6 Å². The van der Waals surface area contributed by atoms with Crippen LogP contribution in [0.3, 0.4) is 0 Å². The van der Waals surface area contributed by atoms with Crippen LogP contribution in [0.2, 0.25) is 0 Å². The van der Waals surface area contributed by atoms with Gasteiger partial charge in [0.25, 0.3) is 0 Å². The van der Waals surface area contributed by atoms with Crippen LogP contribution in [0.5, 0.6) is 5.75 Å². The standard InChI is InChI=1S/C26H28N2O3/c1-18-15-23(20-6-4-7-22(29)12-11-20)27-25(16-18)28-26(30)8-3-2-5-19-9-10-21-13-14-31-24(21)17-19/h6,9-12,15-17H,2-5,7-8,13-14H2,1H3,(H,27,28,30). The molecule has 5 nitrogen and oxygen atoms in total. The number of hydrogen-bond acceptors (Lipinski definition) is 4. The number of rotatable bonds is 7. The number of carbonyl (C=O) groups is 2. The molecule has 1 amide bonds. The summed E-state index contributed by atoms with van der Waals surface area (Å²) in [7, 11) is 0. The number of nitrogens with zero attached hydrogens (tertiary/aromatic N) is 1. The Kier molecular flexibility index (Phi) is 6.60. The van der Waals surface area contributed by atoms with E-state index >= 15 is 0 Å². The van der Waals surface area contributed by atoms with Gasteiger partial charge in [-0.2, -0.15) is 0 Å². The van der Waals surface area contributed by atoms with Gasteiger partial charge < -0.3 is 10.1 Å². The first-order valence-electron chi connectivity index (χ1n) is 11.0. The Hall–Kier alpha value is -3.21. The molecule has 0 radical (unpaired) electrons. The second-order valence-corrected chi connectivity index (χ2v) is 8.21. The zero-order valence-electron chi connectivity index (χ0n) is 17.9. The highest BCUT2D eigenvalue weighted by atomic mass is 16.5. The van der Waals surface area contributed by atoms with Crippen molar-refractivity contribution in [1.82, 2.24) is 4.98 Å². The lowest BCUT2D eigenvalue weighted by Crippen LogP contribution is -2.13. The summed E-state index contributed by atoms with van der Waals surface area (Å²) in [6.07, 6.45) is 10.8. The molecule has 1 N–H and O–H groups in total. The van der Waals surface area contributed by atoms with E-state index in [1.807, 2.05) is 31.2 Å². The first kappa shape index (κ1) is 21.0. The van der Waals surface area contributed by atoms with Gasteiger partial charge in [0.05, 0.1) is 12.3 Å². The molecule has 0 fully saturated rings. The van der Waals surface area contributed by atoms with E-state index < -0.39 is 0 Å². The van der Waals surface area contributed by atoms with Crippen molar-refractivity contribution in [2.75, 3.05) is 11.9 Å². The number of carbonyl (C=O) groups excluding carboxylic acids is 2. The Morgan fingerprint density at radius 2 is 2.03 bits per heavy atom. The van der Waals surface area contributed by atoms with Gasteiger partial charge in [-0.3, -0.25) is 9.59 Å². The number of benzene rings is 1. The van der Waals surface area contributed by atoms with Gasteiger partial charge in [-0.25, -0.2) is 4.98 Å². The van der Waals surface area contributed by atoms with Crippen LogP contribution in [0.1, 0.15) is 54.5 Å². The van der Waals surface area contributed by atoms with Crippen molar-refractivity contribution < 1.29 is 14.3 Å². The van der Waals surface area contributed by atoms with E-state index in [1.165, 1.54) is 11.1 Å². The number of ether oxygens (including phenoxy) is 1. The first-order valence-corrected chi connectivity index (χ1v) is 11.0. The summed E-state index contributed by atoms with van der Waals surface area (Å²) in [5, 5.41) is 2.93. The van der Waals surface area contributed by atoms with E-state index in [2.05, 4.69) is 28.5 Å². The topological polar surface area (TPSA) is 68.3 Å². The summed E-state index contributed by atoms with van der Waals surface area (Å²) in [6, 6.07) is 10.3.